The monoisotopic (exact) mass is 304 g/mol. The SMILES string of the molecule is CCCCOC(=O)c1ccc(OC(=O)c2cccs2)cc1. The normalized spacial score (nSPS) is 10.1. The third-order valence-electron chi connectivity index (χ3n) is 2.75. The highest BCUT2D eigenvalue weighted by Gasteiger charge is 2.11. The van der Waals surface area contributed by atoms with Crippen molar-refractivity contribution in [1.29, 1.82) is 0 Å². The summed E-state index contributed by atoms with van der Waals surface area (Å²) in [5.74, 6) is -0.360. The minimum atomic E-state index is -0.400. The smallest absolute Gasteiger partial charge is 0.353 e. The van der Waals surface area contributed by atoms with Crippen LogP contribution in [-0.4, -0.2) is 18.5 Å². The zero-order chi connectivity index (χ0) is 15.1. The topological polar surface area (TPSA) is 52.6 Å². The number of thiophene rings is 1. The Bertz CT molecular complexity index is 587. The zero-order valence-electron chi connectivity index (χ0n) is 11.7. The predicted octanol–water partition coefficient (Wildman–Crippen LogP) is 3.92. The van der Waals surface area contributed by atoms with Gasteiger partial charge in [-0.3, -0.25) is 0 Å². The third-order valence-corrected chi connectivity index (χ3v) is 3.60. The van der Waals surface area contributed by atoms with Gasteiger partial charge in [0, 0.05) is 0 Å². The highest BCUT2D eigenvalue weighted by Crippen LogP contribution is 2.17. The summed E-state index contributed by atoms with van der Waals surface area (Å²) >= 11 is 1.32. The number of unbranched alkanes of at least 4 members (excludes halogenated alkanes) is 1. The molecule has 2 rings (SSSR count). The van der Waals surface area contributed by atoms with Crippen LogP contribution in [0.2, 0.25) is 0 Å². The van der Waals surface area contributed by atoms with Crippen molar-refractivity contribution in [2.45, 2.75) is 19.8 Å². The highest BCUT2D eigenvalue weighted by molar-refractivity contribution is 7.12. The summed E-state index contributed by atoms with van der Waals surface area (Å²) in [6, 6.07) is 9.84. The zero-order valence-corrected chi connectivity index (χ0v) is 12.5. The molecule has 1 aromatic carbocycles. The van der Waals surface area contributed by atoms with Gasteiger partial charge in [0.25, 0.3) is 0 Å². The molecule has 1 heterocycles. The van der Waals surface area contributed by atoms with Crippen molar-refractivity contribution in [3.63, 3.8) is 0 Å². The first kappa shape index (κ1) is 15.3. The predicted molar refractivity (Wildman–Crippen MR) is 80.9 cm³/mol. The maximum Gasteiger partial charge on any atom is 0.353 e. The van der Waals surface area contributed by atoms with Crippen LogP contribution in [0, 0.1) is 0 Å². The summed E-state index contributed by atoms with van der Waals surface area (Å²) in [7, 11) is 0. The molecular formula is C16H16O4S. The molecule has 0 bridgehead atoms. The molecule has 0 unspecified atom stereocenters. The fraction of sp³-hybridized carbons (Fsp3) is 0.250. The van der Waals surface area contributed by atoms with E-state index in [1.165, 1.54) is 11.3 Å². The van der Waals surface area contributed by atoms with Gasteiger partial charge in [-0.15, -0.1) is 11.3 Å². The Hall–Kier alpha value is -2.14. The Kier molecular flexibility index (Phi) is 5.51. The molecule has 1 aromatic heterocycles. The number of rotatable bonds is 6. The summed E-state index contributed by atoms with van der Waals surface area (Å²) in [5.41, 5.74) is 0.446. The number of hydrogen-bond acceptors (Lipinski definition) is 5. The van der Waals surface area contributed by atoms with Gasteiger partial charge in [-0.05, 0) is 42.1 Å². The van der Waals surface area contributed by atoms with E-state index in [-0.39, 0.29) is 5.97 Å². The van der Waals surface area contributed by atoms with Crippen LogP contribution in [0.15, 0.2) is 41.8 Å². The number of ether oxygens (including phenoxy) is 2. The van der Waals surface area contributed by atoms with Crippen LogP contribution in [0.4, 0.5) is 0 Å². The molecule has 0 atom stereocenters. The quantitative estimate of drug-likeness (QED) is 0.461. The summed E-state index contributed by atoms with van der Waals surface area (Å²) < 4.78 is 10.3. The fourth-order valence-corrected chi connectivity index (χ4v) is 2.20. The van der Waals surface area contributed by atoms with Crippen molar-refractivity contribution in [3.05, 3.63) is 52.2 Å². The van der Waals surface area contributed by atoms with E-state index in [0.717, 1.165) is 12.8 Å². The van der Waals surface area contributed by atoms with Crippen molar-refractivity contribution in [2.75, 3.05) is 6.61 Å². The summed E-state index contributed by atoms with van der Waals surface area (Å²) in [6.45, 7) is 2.45. The molecule has 0 fully saturated rings. The van der Waals surface area contributed by atoms with Crippen molar-refractivity contribution >= 4 is 23.3 Å². The number of carbonyl (C=O) groups is 2. The van der Waals surface area contributed by atoms with Crippen LogP contribution in [0.25, 0.3) is 0 Å². The Morgan fingerprint density at radius 3 is 2.48 bits per heavy atom. The number of hydrogen-bond donors (Lipinski definition) is 0. The largest absolute Gasteiger partial charge is 0.462 e. The van der Waals surface area contributed by atoms with Gasteiger partial charge in [0.1, 0.15) is 10.6 Å². The standard InChI is InChI=1S/C16H16O4S/c1-2-3-10-19-15(17)12-6-8-13(9-7-12)20-16(18)14-5-4-11-21-14/h4-9,11H,2-3,10H2,1H3. The lowest BCUT2D eigenvalue weighted by Crippen LogP contribution is -2.08. The summed E-state index contributed by atoms with van der Waals surface area (Å²) in [4.78, 5) is 24.0. The van der Waals surface area contributed by atoms with Gasteiger partial charge < -0.3 is 9.47 Å². The highest BCUT2D eigenvalue weighted by atomic mass is 32.1. The van der Waals surface area contributed by atoms with Gasteiger partial charge >= 0.3 is 11.9 Å². The van der Waals surface area contributed by atoms with Crippen molar-refractivity contribution < 1.29 is 19.1 Å². The van der Waals surface area contributed by atoms with Crippen LogP contribution in [-0.2, 0) is 4.74 Å². The van der Waals surface area contributed by atoms with E-state index in [4.69, 9.17) is 9.47 Å². The molecule has 0 N–H and O–H groups in total. The Balaban J connectivity index is 1.92. The molecule has 5 heteroatoms. The second-order valence-corrected chi connectivity index (χ2v) is 5.33. The van der Waals surface area contributed by atoms with E-state index in [1.807, 2.05) is 12.3 Å². The minimum absolute atomic E-state index is 0.361. The van der Waals surface area contributed by atoms with Gasteiger partial charge in [0.05, 0.1) is 12.2 Å². The molecule has 2 aromatic rings. The first-order valence-electron chi connectivity index (χ1n) is 6.73. The maximum atomic E-state index is 11.8. The molecule has 0 aliphatic heterocycles. The molecule has 0 amide bonds. The van der Waals surface area contributed by atoms with E-state index in [9.17, 15) is 9.59 Å². The minimum Gasteiger partial charge on any atom is -0.462 e. The fourth-order valence-electron chi connectivity index (χ4n) is 1.60. The van der Waals surface area contributed by atoms with Gasteiger partial charge in [0.15, 0.2) is 0 Å². The van der Waals surface area contributed by atoms with Crippen molar-refractivity contribution in [1.82, 2.24) is 0 Å². The molecule has 0 spiro atoms. The molecule has 4 nitrogen and oxygen atoms in total. The van der Waals surface area contributed by atoms with E-state index >= 15 is 0 Å². The van der Waals surface area contributed by atoms with E-state index in [1.54, 1.807) is 36.4 Å². The van der Waals surface area contributed by atoms with E-state index < -0.39 is 5.97 Å². The van der Waals surface area contributed by atoms with E-state index in [0.29, 0.717) is 22.8 Å². The third kappa shape index (κ3) is 4.43. The van der Waals surface area contributed by atoms with Crippen molar-refractivity contribution in [2.24, 2.45) is 0 Å². The maximum absolute atomic E-state index is 11.8. The molecule has 0 aliphatic carbocycles. The summed E-state index contributed by atoms with van der Waals surface area (Å²) in [6.07, 6.45) is 1.83. The molecular weight excluding hydrogens is 288 g/mol. The molecule has 0 saturated heterocycles. The number of esters is 2. The van der Waals surface area contributed by atoms with Crippen molar-refractivity contribution in [3.8, 4) is 5.75 Å². The number of benzene rings is 1. The molecule has 0 radical (unpaired) electrons. The second kappa shape index (κ2) is 7.59. The molecule has 0 aliphatic rings. The van der Waals surface area contributed by atoms with Crippen LogP contribution in [0.5, 0.6) is 5.75 Å². The first-order chi connectivity index (χ1) is 10.2. The lowest BCUT2D eigenvalue weighted by molar-refractivity contribution is 0.0499. The Morgan fingerprint density at radius 1 is 1.10 bits per heavy atom. The summed E-state index contributed by atoms with van der Waals surface area (Å²) in [5, 5.41) is 1.81. The van der Waals surface area contributed by atoms with Crippen LogP contribution in [0.3, 0.4) is 0 Å². The lowest BCUT2D eigenvalue weighted by atomic mass is 10.2. The van der Waals surface area contributed by atoms with Crippen LogP contribution in [0.1, 0.15) is 39.8 Å². The average Bonchev–Trinajstić information content (AvgIpc) is 3.02. The Labute approximate surface area is 127 Å². The Morgan fingerprint density at radius 2 is 1.86 bits per heavy atom. The second-order valence-electron chi connectivity index (χ2n) is 4.38. The van der Waals surface area contributed by atoms with Crippen LogP contribution >= 0.6 is 11.3 Å². The number of carbonyl (C=O) groups excluding carboxylic acids is 2. The molecule has 21 heavy (non-hydrogen) atoms. The lowest BCUT2D eigenvalue weighted by Gasteiger charge is -2.05. The van der Waals surface area contributed by atoms with Gasteiger partial charge in [0.2, 0.25) is 0 Å². The molecule has 0 saturated carbocycles. The van der Waals surface area contributed by atoms with Gasteiger partial charge in [-0.1, -0.05) is 19.4 Å². The van der Waals surface area contributed by atoms with Crippen LogP contribution < -0.4 is 4.74 Å². The molecule has 110 valence electrons. The van der Waals surface area contributed by atoms with E-state index in [2.05, 4.69) is 0 Å². The first-order valence-corrected chi connectivity index (χ1v) is 7.61. The average molecular weight is 304 g/mol. The van der Waals surface area contributed by atoms with Gasteiger partial charge in [-0.25, -0.2) is 9.59 Å². The van der Waals surface area contributed by atoms with Gasteiger partial charge in [-0.2, -0.15) is 0 Å².